The van der Waals surface area contributed by atoms with Crippen LogP contribution in [0.25, 0.3) is 0 Å². The highest BCUT2D eigenvalue weighted by Gasteiger charge is 2.30. The van der Waals surface area contributed by atoms with Crippen LogP contribution in [0.1, 0.15) is 25.7 Å². The molecule has 0 saturated heterocycles. The van der Waals surface area contributed by atoms with Gasteiger partial charge in [-0.2, -0.15) is 23.5 Å². The number of carboxylic acid groups (broad SMARTS) is 1. The highest BCUT2D eigenvalue weighted by molar-refractivity contribution is 7.98. The predicted octanol–water partition coefficient (Wildman–Crippen LogP) is -2.38. The van der Waals surface area contributed by atoms with Gasteiger partial charge in [0.2, 0.25) is 23.6 Å². The molecule has 0 saturated carbocycles. The predicted molar refractivity (Wildman–Crippen MR) is 123 cm³/mol. The number of nitrogens with two attached hydrogens (primary N) is 2. The maximum atomic E-state index is 12.6. The molecule has 0 rings (SSSR count). The van der Waals surface area contributed by atoms with Gasteiger partial charge in [0, 0.05) is 6.42 Å². The minimum absolute atomic E-state index is 0.155. The second-order valence-electron chi connectivity index (χ2n) is 6.88. The van der Waals surface area contributed by atoms with E-state index in [9.17, 15) is 34.2 Å². The molecule has 4 atom stereocenters. The van der Waals surface area contributed by atoms with Crippen LogP contribution in [-0.2, 0) is 24.0 Å². The monoisotopic (exact) mass is 495 g/mol. The summed E-state index contributed by atoms with van der Waals surface area (Å²) in [5.74, 6) is -3.22. The van der Waals surface area contributed by atoms with Crippen LogP contribution in [0.3, 0.4) is 0 Å². The Kier molecular flexibility index (Phi) is 15.5. The fourth-order valence-corrected chi connectivity index (χ4v) is 3.40. The molecule has 0 heterocycles. The summed E-state index contributed by atoms with van der Waals surface area (Å²) >= 11 is 2.90. The lowest BCUT2D eigenvalue weighted by Crippen LogP contribution is -2.58. The van der Waals surface area contributed by atoms with E-state index < -0.39 is 60.4 Å². The Hall–Kier alpha value is -2.03. The minimum Gasteiger partial charge on any atom is -0.480 e. The second-order valence-corrected chi connectivity index (χ2v) is 8.85. The number of hydrogen-bond donors (Lipinski definition) is 7. The number of carbonyl (C=O) groups excluding carboxylic acids is 4. The third kappa shape index (κ3) is 12.1. The molecule has 0 radical (unpaired) electrons. The van der Waals surface area contributed by atoms with Gasteiger partial charge in [0.1, 0.15) is 18.1 Å². The van der Waals surface area contributed by atoms with Crippen LogP contribution < -0.4 is 27.4 Å². The van der Waals surface area contributed by atoms with Crippen LogP contribution in [0.2, 0.25) is 0 Å². The van der Waals surface area contributed by atoms with Crippen LogP contribution in [-0.4, -0.2) is 94.6 Å². The Morgan fingerprint density at radius 3 is 1.81 bits per heavy atom. The Balaban J connectivity index is 5.24. The zero-order valence-electron chi connectivity index (χ0n) is 18.2. The number of primary amides is 1. The number of thioether (sulfide) groups is 2. The molecule has 0 aliphatic carbocycles. The van der Waals surface area contributed by atoms with Gasteiger partial charge in [0.15, 0.2) is 0 Å². The molecule has 4 unspecified atom stereocenters. The molecule has 0 aromatic rings. The first-order valence-electron chi connectivity index (χ1n) is 9.83. The van der Waals surface area contributed by atoms with Crippen molar-refractivity contribution in [2.75, 3.05) is 30.6 Å². The number of aliphatic carboxylic acids is 1. The number of carboxylic acids is 1. The summed E-state index contributed by atoms with van der Waals surface area (Å²) < 4.78 is 0. The largest absolute Gasteiger partial charge is 0.480 e. The first-order chi connectivity index (χ1) is 15.1. The molecule has 0 bridgehead atoms. The van der Waals surface area contributed by atoms with Gasteiger partial charge in [0.05, 0.1) is 12.6 Å². The van der Waals surface area contributed by atoms with Gasteiger partial charge >= 0.3 is 5.97 Å². The number of nitrogens with one attached hydrogen (secondary N) is 3. The molecule has 4 amide bonds. The number of aliphatic hydroxyl groups is 1. The highest BCUT2D eigenvalue weighted by atomic mass is 32.2. The zero-order valence-corrected chi connectivity index (χ0v) is 19.8. The summed E-state index contributed by atoms with van der Waals surface area (Å²) in [6.07, 6.45) is 3.71. The van der Waals surface area contributed by atoms with Crippen molar-refractivity contribution in [1.82, 2.24) is 16.0 Å². The molecular formula is C18H33N5O7S2. The van der Waals surface area contributed by atoms with Crippen molar-refractivity contribution in [3.63, 3.8) is 0 Å². The van der Waals surface area contributed by atoms with Crippen LogP contribution >= 0.6 is 23.5 Å². The first-order valence-corrected chi connectivity index (χ1v) is 12.6. The van der Waals surface area contributed by atoms with Crippen LogP contribution in [0.5, 0.6) is 0 Å². The smallest absolute Gasteiger partial charge is 0.326 e. The van der Waals surface area contributed by atoms with Crippen molar-refractivity contribution < 1.29 is 34.2 Å². The molecule has 14 heteroatoms. The summed E-state index contributed by atoms with van der Waals surface area (Å²) in [6.45, 7) is -0.761. The SMILES string of the molecule is CSCCC(N)C(=O)NC(CO)C(=O)NC(CCC(N)=O)C(=O)NC(CCSC)C(=O)O. The summed E-state index contributed by atoms with van der Waals surface area (Å²) in [5.41, 5.74) is 10.9. The molecule has 0 aliphatic rings. The van der Waals surface area contributed by atoms with Gasteiger partial charge in [-0.1, -0.05) is 0 Å². The summed E-state index contributed by atoms with van der Waals surface area (Å²) in [7, 11) is 0. The fraction of sp³-hybridized carbons (Fsp3) is 0.722. The van der Waals surface area contributed by atoms with E-state index in [4.69, 9.17) is 11.5 Å². The average molecular weight is 496 g/mol. The lowest BCUT2D eigenvalue weighted by Gasteiger charge is -2.24. The van der Waals surface area contributed by atoms with Crippen LogP contribution in [0.15, 0.2) is 0 Å². The summed E-state index contributed by atoms with van der Waals surface area (Å²) in [4.78, 5) is 59.8. The lowest BCUT2D eigenvalue weighted by atomic mass is 10.1. The maximum Gasteiger partial charge on any atom is 0.326 e. The molecule has 0 aromatic carbocycles. The van der Waals surface area contributed by atoms with Crippen LogP contribution in [0, 0.1) is 0 Å². The average Bonchev–Trinajstić information content (AvgIpc) is 2.74. The lowest BCUT2D eigenvalue weighted by molar-refractivity contribution is -0.142. The van der Waals surface area contributed by atoms with E-state index in [2.05, 4.69) is 16.0 Å². The number of aliphatic hydroxyl groups excluding tert-OH is 1. The Bertz CT molecular complexity index is 653. The van der Waals surface area contributed by atoms with Crippen molar-refractivity contribution in [2.45, 2.75) is 49.9 Å². The van der Waals surface area contributed by atoms with Gasteiger partial charge in [0.25, 0.3) is 0 Å². The van der Waals surface area contributed by atoms with Crippen molar-refractivity contribution >= 4 is 53.1 Å². The molecule has 12 nitrogen and oxygen atoms in total. The van der Waals surface area contributed by atoms with E-state index in [1.54, 1.807) is 6.26 Å². The van der Waals surface area contributed by atoms with Gasteiger partial charge in [-0.3, -0.25) is 19.2 Å². The zero-order chi connectivity index (χ0) is 24.7. The van der Waals surface area contributed by atoms with E-state index in [0.717, 1.165) is 0 Å². The summed E-state index contributed by atoms with van der Waals surface area (Å²) in [5, 5.41) is 25.8. The van der Waals surface area contributed by atoms with Gasteiger partial charge < -0.3 is 37.6 Å². The quantitative estimate of drug-likeness (QED) is 0.114. The van der Waals surface area contributed by atoms with E-state index in [0.29, 0.717) is 17.9 Å². The molecular weight excluding hydrogens is 462 g/mol. The van der Waals surface area contributed by atoms with E-state index >= 15 is 0 Å². The van der Waals surface area contributed by atoms with E-state index in [1.807, 2.05) is 6.26 Å². The van der Waals surface area contributed by atoms with Gasteiger partial charge in [-0.15, -0.1) is 0 Å². The molecule has 0 fully saturated rings. The van der Waals surface area contributed by atoms with Crippen molar-refractivity contribution in [3.8, 4) is 0 Å². The minimum atomic E-state index is -1.39. The molecule has 32 heavy (non-hydrogen) atoms. The van der Waals surface area contributed by atoms with Crippen LogP contribution in [0.4, 0.5) is 0 Å². The third-order valence-corrected chi connectivity index (χ3v) is 5.61. The van der Waals surface area contributed by atoms with Gasteiger partial charge in [-0.05, 0) is 43.3 Å². The standard InChI is InChI=1S/C18H33N5O7S2/c1-31-7-5-10(19)15(26)23-13(9-24)17(28)21-11(3-4-14(20)25)16(27)22-12(18(29)30)6-8-32-2/h10-13,24H,3-9,19H2,1-2H3,(H2,20,25)(H,21,28)(H,22,27)(H,23,26)(H,29,30). The van der Waals surface area contributed by atoms with Crippen molar-refractivity contribution in [2.24, 2.45) is 11.5 Å². The second kappa shape index (κ2) is 16.6. The fourth-order valence-electron chi connectivity index (χ4n) is 2.44. The molecule has 184 valence electrons. The normalized spacial score (nSPS) is 14.5. The Labute approximate surface area is 195 Å². The highest BCUT2D eigenvalue weighted by Crippen LogP contribution is 2.05. The molecule has 9 N–H and O–H groups in total. The van der Waals surface area contributed by atoms with Gasteiger partial charge in [-0.25, -0.2) is 4.79 Å². The maximum absolute atomic E-state index is 12.6. The Morgan fingerprint density at radius 2 is 1.31 bits per heavy atom. The summed E-state index contributed by atoms with van der Waals surface area (Å²) in [6, 6.07) is -4.77. The molecule has 0 aliphatic heterocycles. The third-order valence-electron chi connectivity index (χ3n) is 4.32. The Morgan fingerprint density at radius 1 is 0.812 bits per heavy atom. The number of rotatable bonds is 17. The number of amides is 4. The molecule has 0 spiro atoms. The van der Waals surface area contributed by atoms with E-state index in [1.165, 1.54) is 23.5 Å². The number of hydrogen-bond acceptors (Lipinski definition) is 9. The number of carbonyl (C=O) groups is 5. The topological polar surface area (TPSA) is 214 Å². The van der Waals surface area contributed by atoms with Crippen molar-refractivity contribution in [1.29, 1.82) is 0 Å². The molecule has 0 aromatic heterocycles. The van der Waals surface area contributed by atoms with E-state index in [-0.39, 0.29) is 19.3 Å². The first kappa shape index (κ1) is 30.0. The van der Waals surface area contributed by atoms with Crippen molar-refractivity contribution in [3.05, 3.63) is 0 Å².